The second-order valence-corrected chi connectivity index (χ2v) is 8.85. The molecule has 0 saturated heterocycles. The number of esters is 2. The summed E-state index contributed by atoms with van der Waals surface area (Å²) in [5, 5.41) is 3.29. The Morgan fingerprint density at radius 1 is 0.857 bits per heavy atom. The molecule has 0 fully saturated rings. The van der Waals surface area contributed by atoms with Crippen molar-refractivity contribution >= 4 is 11.9 Å². The van der Waals surface area contributed by atoms with Crippen LogP contribution in [0.25, 0.3) is 11.1 Å². The molecule has 1 aromatic heterocycles. The molecule has 1 unspecified atom stereocenters. The number of pyridine rings is 1. The summed E-state index contributed by atoms with van der Waals surface area (Å²) < 4.78 is 10.9. The van der Waals surface area contributed by atoms with Crippen LogP contribution in [0.4, 0.5) is 0 Å². The third-order valence-electron chi connectivity index (χ3n) is 5.68. The lowest BCUT2D eigenvalue weighted by molar-refractivity contribution is -0.149. The van der Waals surface area contributed by atoms with Gasteiger partial charge in [-0.1, -0.05) is 68.4 Å². The van der Waals surface area contributed by atoms with Crippen LogP contribution in [-0.4, -0.2) is 36.1 Å². The van der Waals surface area contributed by atoms with E-state index in [4.69, 9.17) is 9.47 Å². The van der Waals surface area contributed by atoms with Gasteiger partial charge in [-0.15, -0.1) is 0 Å². The van der Waals surface area contributed by atoms with E-state index in [9.17, 15) is 9.59 Å². The Balaban J connectivity index is 1.71. The van der Waals surface area contributed by atoms with Crippen molar-refractivity contribution in [2.24, 2.45) is 5.92 Å². The topological polar surface area (TPSA) is 77.5 Å². The van der Waals surface area contributed by atoms with Crippen LogP contribution in [0, 0.1) is 5.92 Å². The van der Waals surface area contributed by atoms with Crippen LogP contribution in [0.15, 0.2) is 79.1 Å². The number of carbonyl (C=O) groups is 2. The quantitative estimate of drug-likeness (QED) is 0.366. The second-order valence-electron chi connectivity index (χ2n) is 8.85. The van der Waals surface area contributed by atoms with Gasteiger partial charge in [0.2, 0.25) is 0 Å². The number of ether oxygens (including phenoxy) is 2. The molecule has 0 bridgehead atoms. The van der Waals surface area contributed by atoms with Crippen molar-refractivity contribution in [1.82, 2.24) is 10.3 Å². The van der Waals surface area contributed by atoms with Gasteiger partial charge in [0.15, 0.2) is 0 Å². The van der Waals surface area contributed by atoms with Crippen molar-refractivity contribution in [2.45, 2.75) is 45.8 Å². The van der Waals surface area contributed by atoms with Gasteiger partial charge in [0, 0.05) is 18.9 Å². The Hall–Kier alpha value is -3.51. The Bertz CT molecular complexity index is 1050. The summed E-state index contributed by atoms with van der Waals surface area (Å²) in [5.41, 5.74) is 3.85. The first-order valence-electron chi connectivity index (χ1n) is 12.1. The molecule has 0 aliphatic rings. The molecule has 1 N–H and O–H groups in total. The molecule has 2 atom stereocenters. The van der Waals surface area contributed by atoms with E-state index < -0.39 is 12.0 Å². The second kappa shape index (κ2) is 13.4. The average Bonchev–Trinajstić information content (AvgIpc) is 2.88. The van der Waals surface area contributed by atoms with Crippen LogP contribution in [0.3, 0.4) is 0 Å². The number of rotatable bonds is 12. The van der Waals surface area contributed by atoms with Crippen molar-refractivity contribution in [1.29, 1.82) is 0 Å². The van der Waals surface area contributed by atoms with Crippen LogP contribution >= 0.6 is 0 Å². The lowest BCUT2D eigenvalue weighted by Crippen LogP contribution is -2.42. The van der Waals surface area contributed by atoms with Gasteiger partial charge in [-0.2, -0.15) is 0 Å². The third-order valence-corrected chi connectivity index (χ3v) is 5.68. The van der Waals surface area contributed by atoms with Gasteiger partial charge in [0.1, 0.15) is 12.6 Å². The summed E-state index contributed by atoms with van der Waals surface area (Å²) >= 11 is 0. The molecule has 1 heterocycles. The highest BCUT2D eigenvalue weighted by Crippen LogP contribution is 2.24. The van der Waals surface area contributed by atoms with Gasteiger partial charge in [-0.3, -0.25) is 14.6 Å². The van der Waals surface area contributed by atoms with Gasteiger partial charge in [0.25, 0.3) is 0 Å². The molecule has 6 heteroatoms. The molecule has 0 aliphatic heterocycles. The van der Waals surface area contributed by atoms with E-state index in [-0.39, 0.29) is 31.0 Å². The zero-order valence-electron chi connectivity index (χ0n) is 20.6. The number of hydrogen-bond acceptors (Lipinski definition) is 6. The van der Waals surface area contributed by atoms with Crippen LogP contribution in [-0.2, 0) is 25.7 Å². The van der Waals surface area contributed by atoms with E-state index in [0.717, 1.165) is 22.3 Å². The van der Waals surface area contributed by atoms with Crippen LogP contribution in [0.1, 0.15) is 44.2 Å². The van der Waals surface area contributed by atoms with E-state index in [1.807, 2.05) is 66.7 Å². The minimum Gasteiger partial charge on any atom is -0.465 e. The fourth-order valence-corrected chi connectivity index (χ4v) is 3.86. The lowest BCUT2D eigenvalue weighted by atomic mass is 9.95. The van der Waals surface area contributed by atoms with Gasteiger partial charge in [-0.25, -0.2) is 0 Å². The first kappa shape index (κ1) is 26.1. The number of hydrogen-bond donors (Lipinski definition) is 1. The first-order chi connectivity index (χ1) is 17.0. The highest BCUT2D eigenvalue weighted by Gasteiger charge is 2.27. The Morgan fingerprint density at radius 2 is 1.51 bits per heavy atom. The molecule has 3 aromatic rings. The molecular weight excluding hydrogens is 440 g/mol. The van der Waals surface area contributed by atoms with Crippen molar-refractivity contribution in [3.63, 3.8) is 0 Å². The number of aromatic nitrogens is 1. The minimum absolute atomic E-state index is 0.216. The lowest BCUT2D eigenvalue weighted by Gasteiger charge is -2.23. The molecule has 3 rings (SSSR count). The molecule has 0 aliphatic carbocycles. The fourth-order valence-electron chi connectivity index (χ4n) is 3.86. The normalized spacial score (nSPS) is 12.7. The maximum atomic E-state index is 12.9. The van der Waals surface area contributed by atoms with Gasteiger partial charge in [0.05, 0.1) is 12.5 Å². The Labute approximate surface area is 207 Å². The van der Waals surface area contributed by atoms with E-state index >= 15 is 0 Å². The summed E-state index contributed by atoms with van der Waals surface area (Å²) in [4.78, 5) is 29.8. The zero-order chi connectivity index (χ0) is 25.0. The summed E-state index contributed by atoms with van der Waals surface area (Å²) in [6, 6.07) is 20.8. The van der Waals surface area contributed by atoms with Gasteiger partial charge < -0.3 is 14.8 Å². The van der Waals surface area contributed by atoms with E-state index in [1.165, 1.54) is 0 Å². The Kier molecular flexibility index (Phi) is 9.99. The van der Waals surface area contributed by atoms with Crippen molar-refractivity contribution < 1.29 is 19.1 Å². The molecule has 0 saturated carbocycles. The number of nitrogens with zero attached hydrogens (tertiary/aromatic N) is 1. The number of nitrogens with one attached hydrogen (secondary N) is 1. The van der Waals surface area contributed by atoms with Crippen LogP contribution in [0.5, 0.6) is 0 Å². The molecule has 35 heavy (non-hydrogen) atoms. The smallest absolute Gasteiger partial charge is 0.323 e. The molecule has 184 valence electrons. The summed E-state index contributed by atoms with van der Waals surface area (Å²) in [7, 11) is 0. The number of benzene rings is 2. The predicted molar refractivity (Wildman–Crippen MR) is 137 cm³/mol. The van der Waals surface area contributed by atoms with E-state index in [2.05, 4.69) is 24.1 Å². The maximum Gasteiger partial charge on any atom is 0.323 e. The standard InChI is InChI=1S/C29H34N2O4/c1-4-34-28(32)26(25-12-10-23(11-13-25)24-14-16-30-17-15-24)19-31-27(18-21(2)3)29(33)35-20-22-8-6-5-7-9-22/h5-17,21,26-27,31H,4,18-20H2,1-3H3/t26?,27-/m0/s1. The molecular formula is C29H34N2O4. The summed E-state index contributed by atoms with van der Waals surface area (Å²) in [6.45, 7) is 6.68. The maximum absolute atomic E-state index is 12.9. The van der Waals surface area contributed by atoms with E-state index in [0.29, 0.717) is 13.0 Å². The van der Waals surface area contributed by atoms with Gasteiger partial charge >= 0.3 is 11.9 Å². The summed E-state index contributed by atoms with van der Waals surface area (Å²) in [6.07, 6.45) is 4.10. The highest BCUT2D eigenvalue weighted by molar-refractivity contribution is 5.79. The molecule has 0 amide bonds. The SMILES string of the molecule is CCOC(=O)C(CN[C@@H](CC(C)C)C(=O)OCc1ccccc1)c1ccc(-c2ccncc2)cc1. The minimum atomic E-state index is -0.543. The molecule has 2 aromatic carbocycles. The zero-order valence-corrected chi connectivity index (χ0v) is 20.6. The van der Waals surface area contributed by atoms with Crippen molar-refractivity contribution in [3.05, 3.63) is 90.3 Å². The molecule has 6 nitrogen and oxygen atoms in total. The van der Waals surface area contributed by atoms with Crippen LogP contribution < -0.4 is 5.32 Å². The van der Waals surface area contributed by atoms with Crippen molar-refractivity contribution in [3.8, 4) is 11.1 Å². The van der Waals surface area contributed by atoms with Gasteiger partial charge in [-0.05, 0) is 53.6 Å². The average molecular weight is 475 g/mol. The number of carbonyl (C=O) groups excluding carboxylic acids is 2. The fraction of sp³-hybridized carbons (Fsp3) is 0.345. The molecule has 0 radical (unpaired) electrons. The third kappa shape index (κ3) is 8.04. The Morgan fingerprint density at radius 3 is 2.14 bits per heavy atom. The highest BCUT2D eigenvalue weighted by atomic mass is 16.5. The summed E-state index contributed by atoms with van der Waals surface area (Å²) in [5.74, 6) is -0.911. The van der Waals surface area contributed by atoms with E-state index in [1.54, 1.807) is 19.3 Å². The largest absolute Gasteiger partial charge is 0.465 e. The molecule has 0 spiro atoms. The van der Waals surface area contributed by atoms with Crippen molar-refractivity contribution in [2.75, 3.05) is 13.2 Å². The predicted octanol–water partition coefficient (Wildman–Crippen LogP) is 5.14. The first-order valence-corrected chi connectivity index (χ1v) is 12.1. The monoisotopic (exact) mass is 474 g/mol. The van der Waals surface area contributed by atoms with Crippen LogP contribution in [0.2, 0.25) is 0 Å².